The van der Waals surface area contributed by atoms with E-state index in [-0.39, 0.29) is 0 Å². The monoisotopic (exact) mass is 181 g/mol. The van der Waals surface area contributed by atoms with Crippen LogP contribution in [0.1, 0.15) is 32.1 Å². The van der Waals surface area contributed by atoms with Crippen LogP contribution in [0.25, 0.3) is 0 Å². The molecule has 1 unspecified atom stereocenters. The van der Waals surface area contributed by atoms with Crippen molar-refractivity contribution in [3.05, 3.63) is 0 Å². The van der Waals surface area contributed by atoms with Crippen molar-refractivity contribution < 1.29 is 5.11 Å². The van der Waals surface area contributed by atoms with E-state index >= 15 is 0 Å². The Morgan fingerprint density at radius 3 is 3.08 bits per heavy atom. The largest absolute Gasteiger partial charge is 0.396 e. The third kappa shape index (κ3) is 3.38. The second kappa shape index (κ2) is 6.01. The number of aliphatic hydroxyl groups excluding tert-OH is 1. The van der Waals surface area contributed by atoms with Gasteiger partial charge < -0.3 is 5.11 Å². The van der Waals surface area contributed by atoms with Crippen molar-refractivity contribution in [1.29, 1.82) is 0 Å². The lowest BCUT2D eigenvalue weighted by Crippen LogP contribution is -2.30. The van der Waals surface area contributed by atoms with E-state index in [2.05, 4.69) is 10.8 Å². The predicted molar refractivity (Wildman–Crippen MR) is 54.4 cm³/mol. The average Bonchev–Trinajstić information content (AvgIpc) is 2.59. The zero-order valence-corrected chi connectivity index (χ0v) is 8.21. The van der Waals surface area contributed by atoms with Crippen molar-refractivity contribution in [1.82, 2.24) is 4.90 Å². The van der Waals surface area contributed by atoms with Gasteiger partial charge in [0.25, 0.3) is 0 Å². The Morgan fingerprint density at radius 2 is 2.38 bits per heavy atom. The van der Waals surface area contributed by atoms with Crippen LogP contribution in [0.15, 0.2) is 0 Å². The fraction of sp³-hybridized carbons (Fsp3) is 0.818. The van der Waals surface area contributed by atoms with Crippen LogP contribution in [-0.2, 0) is 0 Å². The van der Waals surface area contributed by atoms with E-state index in [0.717, 1.165) is 25.8 Å². The molecular weight excluding hydrogens is 162 g/mol. The number of aliphatic hydroxyl groups is 1. The zero-order chi connectivity index (χ0) is 9.52. The highest BCUT2D eigenvalue weighted by atomic mass is 16.2. The van der Waals surface area contributed by atoms with Gasteiger partial charge in [0.15, 0.2) is 0 Å². The number of rotatable bonds is 5. The Hall–Kier alpha value is -0.520. The second-order valence-electron chi connectivity index (χ2n) is 3.65. The summed E-state index contributed by atoms with van der Waals surface area (Å²) in [6.07, 6.45) is 10.7. The second-order valence-corrected chi connectivity index (χ2v) is 3.65. The van der Waals surface area contributed by atoms with E-state index in [9.17, 15) is 0 Å². The number of likely N-dealkylation sites (tertiary alicyclic amines) is 1. The van der Waals surface area contributed by atoms with Gasteiger partial charge in [-0.05, 0) is 32.2 Å². The van der Waals surface area contributed by atoms with Crippen LogP contribution in [0.5, 0.6) is 0 Å². The Morgan fingerprint density at radius 1 is 1.54 bits per heavy atom. The van der Waals surface area contributed by atoms with Crippen LogP contribution in [0, 0.1) is 12.3 Å². The average molecular weight is 181 g/mol. The minimum absolute atomic E-state index is 0.319. The van der Waals surface area contributed by atoms with Gasteiger partial charge in [0, 0.05) is 25.6 Å². The lowest BCUT2D eigenvalue weighted by atomic mass is 10.1. The summed E-state index contributed by atoms with van der Waals surface area (Å²) in [4.78, 5) is 2.47. The predicted octanol–water partition coefficient (Wildman–Crippen LogP) is 1.25. The van der Waals surface area contributed by atoms with Gasteiger partial charge >= 0.3 is 0 Å². The molecule has 74 valence electrons. The summed E-state index contributed by atoms with van der Waals surface area (Å²) in [5.74, 6) is 2.68. The maximum Gasteiger partial charge on any atom is 0.0431 e. The topological polar surface area (TPSA) is 23.5 Å². The summed E-state index contributed by atoms with van der Waals surface area (Å²) in [5.41, 5.74) is 0. The van der Waals surface area contributed by atoms with Gasteiger partial charge in [-0.1, -0.05) is 0 Å². The van der Waals surface area contributed by atoms with Crippen LogP contribution < -0.4 is 0 Å². The third-order valence-corrected chi connectivity index (χ3v) is 2.74. The van der Waals surface area contributed by atoms with E-state index < -0.39 is 0 Å². The molecule has 1 N–H and O–H groups in total. The molecule has 1 aliphatic rings. The third-order valence-electron chi connectivity index (χ3n) is 2.74. The molecule has 0 bridgehead atoms. The van der Waals surface area contributed by atoms with Crippen LogP contribution in [0.4, 0.5) is 0 Å². The lowest BCUT2D eigenvalue weighted by molar-refractivity contribution is 0.219. The van der Waals surface area contributed by atoms with Crippen LogP contribution >= 0.6 is 0 Å². The summed E-state index contributed by atoms with van der Waals surface area (Å²) < 4.78 is 0. The van der Waals surface area contributed by atoms with Crippen LogP contribution in [0.2, 0.25) is 0 Å². The fourth-order valence-corrected chi connectivity index (χ4v) is 2.05. The molecule has 0 aromatic carbocycles. The maximum atomic E-state index is 8.74. The molecule has 1 aliphatic heterocycles. The first-order chi connectivity index (χ1) is 6.38. The zero-order valence-electron chi connectivity index (χ0n) is 8.21. The molecule has 1 rings (SSSR count). The summed E-state index contributed by atoms with van der Waals surface area (Å²) >= 11 is 0. The normalized spacial score (nSPS) is 23.2. The molecule has 0 aromatic rings. The highest BCUT2D eigenvalue weighted by molar-refractivity contribution is 4.87. The molecule has 0 radical (unpaired) electrons. The summed E-state index contributed by atoms with van der Waals surface area (Å²) in [6.45, 7) is 2.55. The molecule has 0 saturated carbocycles. The van der Waals surface area contributed by atoms with Gasteiger partial charge in [-0.2, -0.15) is 0 Å². The quantitative estimate of drug-likeness (QED) is 0.645. The van der Waals surface area contributed by atoms with Crippen molar-refractivity contribution in [2.45, 2.75) is 38.1 Å². The van der Waals surface area contributed by atoms with Gasteiger partial charge in [0.1, 0.15) is 0 Å². The van der Waals surface area contributed by atoms with Gasteiger partial charge in [-0.15, -0.1) is 12.3 Å². The first-order valence-electron chi connectivity index (χ1n) is 5.17. The molecule has 1 saturated heterocycles. The molecule has 0 spiro atoms. The smallest absolute Gasteiger partial charge is 0.0431 e. The molecule has 0 aromatic heterocycles. The highest BCUT2D eigenvalue weighted by Gasteiger charge is 2.22. The number of hydrogen-bond donors (Lipinski definition) is 1. The summed E-state index contributed by atoms with van der Waals surface area (Å²) in [7, 11) is 0. The summed E-state index contributed by atoms with van der Waals surface area (Å²) in [5, 5.41) is 8.74. The number of nitrogens with zero attached hydrogens (tertiary/aromatic N) is 1. The number of hydrogen-bond acceptors (Lipinski definition) is 2. The van der Waals surface area contributed by atoms with Crippen molar-refractivity contribution >= 4 is 0 Å². The maximum absolute atomic E-state index is 8.74. The Labute approximate surface area is 80.9 Å². The van der Waals surface area contributed by atoms with Gasteiger partial charge in [0.2, 0.25) is 0 Å². The van der Waals surface area contributed by atoms with E-state index in [0.29, 0.717) is 12.6 Å². The van der Waals surface area contributed by atoms with E-state index in [1.54, 1.807) is 0 Å². The molecular formula is C11H19NO. The molecule has 1 atom stereocenters. The molecule has 1 heterocycles. The van der Waals surface area contributed by atoms with Crippen LogP contribution in [-0.4, -0.2) is 35.7 Å². The molecule has 1 fully saturated rings. The Balaban J connectivity index is 2.23. The molecule has 0 aliphatic carbocycles. The van der Waals surface area contributed by atoms with Crippen molar-refractivity contribution in [3.63, 3.8) is 0 Å². The minimum Gasteiger partial charge on any atom is -0.396 e. The Bertz CT molecular complexity index is 173. The molecule has 13 heavy (non-hydrogen) atoms. The fourth-order valence-electron chi connectivity index (χ4n) is 2.05. The van der Waals surface area contributed by atoms with Crippen molar-refractivity contribution in [3.8, 4) is 12.3 Å². The number of terminal acetylenes is 1. The first kappa shape index (κ1) is 10.6. The van der Waals surface area contributed by atoms with Gasteiger partial charge in [-0.25, -0.2) is 0 Å². The standard InChI is InChI=1S/C11H19NO/c1-2-3-8-12-9-4-6-11(12)7-5-10-13/h1,11,13H,3-10H2. The summed E-state index contributed by atoms with van der Waals surface area (Å²) in [6, 6.07) is 0.681. The molecule has 2 heteroatoms. The Kier molecular flexibility index (Phi) is 4.88. The lowest BCUT2D eigenvalue weighted by Gasteiger charge is -2.23. The van der Waals surface area contributed by atoms with Crippen LogP contribution in [0.3, 0.4) is 0 Å². The molecule has 2 nitrogen and oxygen atoms in total. The SMILES string of the molecule is C#CCCN1CCCC1CCCO. The minimum atomic E-state index is 0.319. The van der Waals surface area contributed by atoms with Gasteiger partial charge in [-0.3, -0.25) is 4.90 Å². The van der Waals surface area contributed by atoms with E-state index in [1.165, 1.54) is 19.4 Å². The van der Waals surface area contributed by atoms with E-state index in [1.807, 2.05) is 0 Å². The van der Waals surface area contributed by atoms with Crippen molar-refractivity contribution in [2.75, 3.05) is 19.7 Å². The van der Waals surface area contributed by atoms with E-state index in [4.69, 9.17) is 11.5 Å². The van der Waals surface area contributed by atoms with Gasteiger partial charge in [0.05, 0.1) is 0 Å². The molecule has 0 amide bonds. The van der Waals surface area contributed by atoms with Crippen molar-refractivity contribution in [2.24, 2.45) is 0 Å². The first-order valence-corrected chi connectivity index (χ1v) is 5.17. The highest BCUT2D eigenvalue weighted by Crippen LogP contribution is 2.20.